The maximum atomic E-state index is 11.9. The van der Waals surface area contributed by atoms with Crippen molar-refractivity contribution in [1.82, 2.24) is 19.5 Å². The third-order valence-electron chi connectivity index (χ3n) is 8.84. The molecule has 4 aromatic rings. The summed E-state index contributed by atoms with van der Waals surface area (Å²) in [4.78, 5) is 21.3. The summed E-state index contributed by atoms with van der Waals surface area (Å²) in [5.41, 5.74) is 14.2. The number of anilines is 1. The van der Waals surface area contributed by atoms with Gasteiger partial charge in [-0.2, -0.15) is 0 Å². The Morgan fingerprint density at radius 2 is 1.71 bits per heavy atom. The van der Waals surface area contributed by atoms with Crippen LogP contribution in [0.15, 0.2) is 66.5 Å². The molecule has 42 heavy (non-hydrogen) atoms. The maximum absolute atomic E-state index is 11.9. The van der Waals surface area contributed by atoms with Gasteiger partial charge in [-0.1, -0.05) is 30.3 Å². The van der Waals surface area contributed by atoms with E-state index in [0.717, 1.165) is 91.1 Å². The fraction of sp³-hybridized carbons (Fsp3) is 0.394. The number of ether oxygens (including phenoxy) is 1. The molecule has 0 unspecified atom stereocenters. The van der Waals surface area contributed by atoms with E-state index in [0.29, 0.717) is 11.6 Å². The molecule has 2 aromatic carbocycles. The largest absolute Gasteiger partial charge is 0.401 e. The van der Waals surface area contributed by atoms with Crippen molar-refractivity contribution in [2.24, 2.45) is 17.5 Å². The number of fused-ring (bicyclic) bond motifs is 3. The SMILES string of the molecule is CC(=O)N1CCN(c2ccc3c(c2)c2ncc(/C(=C(\C)N)N(C)N)cc2n3[C@H](c2ccccc2)C2CCOCC2)CC1. The van der Waals surface area contributed by atoms with E-state index < -0.39 is 0 Å². The number of allylic oxidation sites excluding steroid dienone is 1. The lowest BCUT2D eigenvalue weighted by Gasteiger charge is -2.35. The minimum atomic E-state index is 0.110. The fourth-order valence-electron chi connectivity index (χ4n) is 6.83. The molecule has 6 rings (SSSR count). The summed E-state index contributed by atoms with van der Waals surface area (Å²) in [6, 6.07) is 19.8. The smallest absolute Gasteiger partial charge is 0.219 e. The highest BCUT2D eigenvalue weighted by molar-refractivity contribution is 6.07. The molecule has 1 amide bonds. The summed E-state index contributed by atoms with van der Waals surface area (Å²) < 4.78 is 8.29. The van der Waals surface area contributed by atoms with Crippen molar-refractivity contribution in [3.8, 4) is 0 Å². The Labute approximate surface area is 247 Å². The molecule has 2 aromatic heterocycles. The third-order valence-corrected chi connectivity index (χ3v) is 8.84. The van der Waals surface area contributed by atoms with E-state index in [2.05, 4.69) is 64.1 Å². The fourth-order valence-corrected chi connectivity index (χ4v) is 6.83. The van der Waals surface area contributed by atoms with Gasteiger partial charge in [-0.25, -0.2) is 5.84 Å². The Balaban J connectivity index is 1.56. The minimum absolute atomic E-state index is 0.110. The van der Waals surface area contributed by atoms with Gasteiger partial charge in [-0.3, -0.25) is 9.78 Å². The van der Waals surface area contributed by atoms with E-state index in [1.165, 1.54) is 5.56 Å². The van der Waals surface area contributed by atoms with Gasteiger partial charge in [-0.05, 0) is 55.5 Å². The molecule has 2 saturated heterocycles. The molecule has 0 aliphatic carbocycles. The predicted octanol–water partition coefficient (Wildman–Crippen LogP) is 4.33. The van der Waals surface area contributed by atoms with Crippen LogP contribution in [0.3, 0.4) is 0 Å². The van der Waals surface area contributed by atoms with E-state index in [4.69, 9.17) is 21.3 Å². The number of hydrogen-bond donors (Lipinski definition) is 2. The van der Waals surface area contributed by atoms with E-state index in [1.54, 1.807) is 19.0 Å². The summed E-state index contributed by atoms with van der Waals surface area (Å²) in [6.45, 7) is 8.13. The maximum Gasteiger partial charge on any atom is 0.219 e. The second-order valence-electron chi connectivity index (χ2n) is 11.6. The van der Waals surface area contributed by atoms with Crippen LogP contribution in [-0.4, -0.2) is 71.8 Å². The number of benzene rings is 2. The van der Waals surface area contributed by atoms with Gasteiger partial charge in [0.15, 0.2) is 0 Å². The number of amides is 1. The number of carbonyl (C=O) groups excluding carboxylic acids is 1. The van der Waals surface area contributed by atoms with Crippen molar-refractivity contribution < 1.29 is 9.53 Å². The third kappa shape index (κ3) is 5.18. The Kier molecular flexibility index (Phi) is 7.79. The predicted molar refractivity (Wildman–Crippen MR) is 169 cm³/mol. The van der Waals surface area contributed by atoms with Crippen molar-refractivity contribution in [2.75, 3.05) is 51.3 Å². The standard InChI is InChI=1S/C33H41N7O2/c1-22(34)32(37(3)35)26-19-30-31(36-21-26)28-20-27(39-15-13-38(14-16-39)23(2)41)9-10-29(28)40(30)33(24-7-5-4-6-8-24)25-11-17-42-18-12-25/h4-10,19-21,25,33H,11-18,34-35H2,1-3H3/b32-22-/t33-/m1/s1. The van der Waals surface area contributed by atoms with Gasteiger partial charge < -0.3 is 29.8 Å². The van der Waals surface area contributed by atoms with Gasteiger partial charge in [0.25, 0.3) is 0 Å². The van der Waals surface area contributed by atoms with Crippen LogP contribution < -0.4 is 16.5 Å². The molecule has 9 heteroatoms. The number of aromatic nitrogens is 2. The lowest BCUT2D eigenvalue weighted by atomic mass is 9.86. The van der Waals surface area contributed by atoms with E-state index >= 15 is 0 Å². The zero-order valence-corrected chi connectivity index (χ0v) is 24.8. The number of pyridine rings is 1. The monoisotopic (exact) mass is 567 g/mol. The first-order valence-electron chi connectivity index (χ1n) is 14.9. The first kappa shape index (κ1) is 28.1. The molecule has 4 heterocycles. The molecular formula is C33H41N7O2. The molecular weight excluding hydrogens is 526 g/mol. The number of hydrazine groups is 1. The van der Waals surface area contributed by atoms with Crippen LogP contribution in [0.25, 0.3) is 27.6 Å². The van der Waals surface area contributed by atoms with Gasteiger partial charge in [-0.15, -0.1) is 0 Å². The first-order valence-corrected chi connectivity index (χ1v) is 14.9. The number of nitrogens with two attached hydrogens (primary N) is 2. The topological polar surface area (TPSA) is 106 Å². The number of carbonyl (C=O) groups is 1. The van der Waals surface area contributed by atoms with Crippen LogP contribution in [0.2, 0.25) is 0 Å². The summed E-state index contributed by atoms with van der Waals surface area (Å²) in [5.74, 6) is 6.79. The van der Waals surface area contributed by atoms with Crippen molar-refractivity contribution in [1.29, 1.82) is 0 Å². The quantitative estimate of drug-likeness (QED) is 0.264. The summed E-state index contributed by atoms with van der Waals surface area (Å²) >= 11 is 0. The van der Waals surface area contributed by atoms with Crippen LogP contribution >= 0.6 is 0 Å². The van der Waals surface area contributed by atoms with Crippen molar-refractivity contribution in [2.45, 2.75) is 32.7 Å². The van der Waals surface area contributed by atoms with Crippen LogP contribution in [0, 0.1) is 5.92 Å². The molecule has 0 radical (unpaired) electrons. The Morgan fingerprint density at radius 3 is 2.36 bits per heavy atom. The molecule has 4 N–H and O–H groups in total. The lowest BCUT2D eigenvalue weighted by molar-refractivity contribution is -0.129. The zero-order valence-electron chi connectivity index (χ0n) is 24.8. The van der Waals surface area contributed by atoms with Gasteiger partial charge in [0.2, 0.25) is 5.91 Å². The molecule has 220 valence electrons. The van der Waals surface area contributed by atoms with E-state index in [1.807, 2.05) is 18.0 Å². The first-order chi connectivity index (χ1) is 20.3. The van der Waals surface area contributed by atoms with Crippen LogP contribution in [-0.2, 0) is 9.53 Å². The van der Waals surface area contributed by atoms with E-state index in [-0.39, 0.29) is 11.9 Å². The highest BCUT2D eigenvalue weighted by Gasteiger charge is 2.31. The van der Waals surface area contributed by atoms with E-state index in [9.17, 15) is 4.79 Å². The average Bonchev–Trinajstić information content (AvgIpc) is 3.31. The van der Waals surface area contributed by atoms with Gasteiger partial charge in [0.05, 0.1) is 28.3 Å². The molecule has 2 aliphatic rings. The molecule has 0 spiro atoms. The molecule has 2 aliphatic heterocycles. The molecule has 2 fully saturated rings. The number of nitrogens with zero attached hydrogens (tertiary/aromatic N) is 5. The normalized spacial score (nSPS) is 17.9. The molecule has 0 saturated carbocycles. The second kappa shape index (κ2) is 11.7. The second-order valence-corrected chi connectivity index (χ2v) is 11.6. The minimum Gasteiger partial charge on any atom is -0.401 e. The Bertz CT molecular complexity index is 1610. The highest BCUT2D eigenvalue weighted by atomic mass is 16.5. The highest BCUT2D eigenvalue weighted by Crippen LogP contribution is 2.41. The number of rotatable bonds is 6. The Morgan fingerprint density at radius 1 is 1.00 bits per heavy atom. The number of hydrogen-bond acceptors (Lipinski definition) is 7. The molecule has 9 nitrogen and oxygen atoms in total. The molecule has 1 atom stereocenters. The van der Waals surface area contributed by atoms with Crippen LogP contribution in [0.5, 0.6) is 0 Å². The van der Waals surface area contributed by atoms with Crippen LogP contribution in [0.1, 0.15) is 43.9 Å². The molecule has 0 bridgehead atoms. The van der Waals surface area contributed by atoms with Crippen molar-refractivity contribution in [3.05, 3.63) is 77.6 Å². The number of piperazine rings is 1. The van der Waals surface area contributed by atoms with Crippen molar-refractivity contribution in [3.63, 3.8) is 0 Å². The van der Waals surface area contributed by atoms with Gasteiger partial charge in [0, 0.05) is 81.9 Å². The lowest BCUT2D eigenvalue weighted by Crippen LogP contribution is -2.48. The van der Waals surface area contributed by atoms with Gasteiger partial charge >= 0.3 is 0 Å². The summed E-state index contributed by atoms with van der Waals surface area (Å²) in [7, 11) is 1.80. The summed E-state index contributed by atoms with van der Waals surface area (Å²) in [5, 5.41) is 2.68. The zero-order chi connectivity index (χ0) is 29.4. The van der Waals surface area contributed by atoms with Gasteiger partial charge in [0.1, 0.15) is 0 Å². The average molecular weight is 568 g/mol. The summed E-state index contributed by atoms with van der Waals surface area (Å²) in [6.07, 6.45) is 3.86. The van der Waals surface area contributed by atoms with Crippen molar-refractivity contribution >= 4 is 39.2 Å². The Hall–Kier alpha value is -4.08. The van der Waals surface area contributed by atoms with Crippen LogP contribution in [0.4, 0.5) is 5.69 Å².